The summed E-state index contributed by atoms with van der Waals surface area (Å²) in [4.78, 5) is 39.9. The van der Waals surface area contributed by atoms with Crippen LogP contribution in [0.4, 0.5) is 11.4 Å². The molecule has 1 heterocycles. The molecule has 1 fully saturated rings. The van der Waals surface area contributed by atoms with Crippen LogP contribution < -0.4 is 9.64 Å². The standard InChI is InChI=1S/C26H20N2O5/c1-26-17-9-5-3-7-15(17)21(16-8-4-6-10-18(16)26)22-23(26)25(30)27(24(22)29)19-13-14(28(31)32)11-12-20(19)33-2/h3-13,21-23H,1-2H3/t21?,22-,23-,26?/m1/s1. The molecule has 3 aliphatic carbocycles. The van der Waals surface area contributed by atoms with Crippen molar-refractivity contribution < 1.29 is 19.2 Å². The lowest BCUT2D eigenvalue weighted by Gasteiger charge is -2.52. The highest BCUT2D eigenvalue weighted by Gasteiger charge is 2.66. The van der Waals surface area contributed by atoms with Crippen molar-refractivity contribution in [2.24, 2.45) is 11.8 Å². The van der Waals surface area contributed by atoms with Gasteiger partial charge in [-0.25, -0.2) is 4.90 Å². The van der Waals surface area contributed by atoms with E-state index in [1.54, 1.807) is 0 Å². The maximum atomic E-state index is 14.0. The normalized spacial score (nSPS) is 26.6. The number of nitro benzene ring substituents is 1. The summed E-state index contributed by atoms with van der Waals surface area (Å²) in [5, 5.41) is 11.4. The number of methoxy groups -OCH3 is 1. The zero-order valence-electron chi connectivity index (χ0n) is 18.0. The van der Waals surface area contributed by atoms with Crippen molar-refractivity contribution in [2.75, 3.05) is 12.0 Å². The van der Waals surface area contributed by atoms with Crippen LogP contribution in [-0.4, -0.2) is 23.8 Å². The quantitative estimate of drug-likeness (QED) is 0.346. The van der Waals surface area contributed by atoms with Crippen molar-refractivity contribution in [3.63, 3.8) is 0 Å². The number of hydrogen-bond acceptors (Lipinski definition) is 5. The van der Waals surface area contributed by atoms with Crippen LogP contribution in [0.1, 0.15) is 35.1 Å². The second-order valence-electron chi connectivity index (χ2n) is 8.98. The van der Waals surface area contributed by atoms with E-state index in [1.807, 2.05) is 55.5 Å². The van der Waals surface area contributed by atoms with Crippen molar-refractivity contribution in [1.29, 1.82) is 0 Å². The van der Waals surface area contributed by atoms with E-state index >= 15 is 0 Å². The predicted octanol–water partition coefficient (Wildman–Crippen LogP) is 4.17. The molecule has 1 aliphatic heterocycles. The van der Waals surface area contributed by atoms with Gasteiger partial charge in [0.25, 0.3) is 5.69 Å². The number of non-ortho nitro benzene ring substituents is 1. The summed E-state index contributed by atoms with van der Waals surface area (Å²) in [6.45, 7) is 2.04. The average molecular weight is 440 g/mol. The molecule has 0 N–H and O–H groups in total. The van der Waals surface area contributed by atoms with E-state index in [0.29, 0.717) is 0 Å². The third-order valence-electron chi connectivity index (χ3n) is 7.66. The SMILES string of the molecule is COc1ccc([N+](=O)[O-])cc1N1C(=O)[C@@H]2C3c4ccccc4C(C)(c4ccccc43)[C@H]2C1=O. The van der Waals surface area contributed by atoms with Gasteiger partial charge in [0.05, 0.1) is 23.9 Å². The van der Waals surface area contributed by atoms with Gasteiger partial charge in [-0.1, -0.05) is 55.5 Å². The van der Waals surface area contributed by atoms with Gasteiger partial charge in [0.2, 0.25) is 11.8 Å². The fourth-order valence-electron chi connectivity index (χ4n) is 6.36. The molecule has 3 aromatic carbocycles. The van der Waals surface area contributed by atoms with Gasteiger partial charge in [0.15, 0.2) is 0 Å². The van der Waals surface area contributed by atoms with Crippen molar-refractivity contribution in [2.45, 2.75) is 18.3 Å². The van der Waals surface area contributed by atoms with Crippen LogP contribution in [0.15, 0.2) is 66.7 Å². The molecule has 7 heteroatoms. The molecule has 2 atom stereocenters. The van der Waals surface area contributed by atoms with Gasteiger partial charge in [0.1, 0.15) is 11.4 Å². The third kappa shape index (κ3) is 2.29. The van der Waals surface area contributed by atoms with Crippen molar-refractivity contribution in [3.8, 4) is 5.75 Å². The first-order valence-corrected chi connectivity index (χ1v) is 10.8. The number of ether oxygens (including phenoxy) is 1. The fourth-order valence-corrected chi connectivity index (χ4v) is 6.36. The zero-order chi connectivity index (χ0) is 23.1. The van der Waals surface area contributed by atoms with Crippen molar-refractivity contribution >= 4 is 23.2 Å². The molecule has 164 valence electrons. The van der Waals surface area contributed by atoms with E-state index in [2.05, 4.69) is 0 Å². The van der Waals surface area contributed by atoms with Crippen LogP contribution in [0.2, 0.25) is 0 Å². The number of rotatable bonds is 3. The highest BCUT2D eigenvalue weighted by Crippen LogP contribution is 2.64. The maximum Gasteiger partial charge on any atom is 0.271 e. The van der Waals surface area contributed by atoms with Gasteiger partial charge in [-0.2, -0.15) is 0 Å². The van der Waals surface area contributed by atoms with E-state index < -0.39 is 22.2 Å². The molecule has 3 aromatic rings. The van der Waals surface area contributed by atoms with Crippen LogP contribution in [0.3, 0.4) is 0 Å². The van der Waals surface area contributed by atoms with Crippen molar-refractivity contribution in [1.82, 2.24) is 0 Å². The minimum atomic E-state index is -0.692. The number of nitro groups is 1. The lowest BCUT2D eigenvalue weighted by atomic mass is 9.48. The second kappa shape index (κ2) is 6.51. The Kier molecular flexibility index (Phi) is 3.88. The molecular formula is C26H20N2O5. The highest BCUT2D eigenvalue weighted by molar-refractivity contribution is 6.24. The Morgan fingerprint density at radius 3 is 2.12 bits per heavy atom. The molecule has 2 amide bonds. The molecular weight excluding hydrogens is 420 g/mol. The Hall–Kier alpha value is -4.00. The number of benzene rings is 3. The number of carbonyl (C=O) groups is 2. The van der Waals surface area contributed by atoms with E-state index in [0.717, 1.165) is 27.2 Å². The number of anilines is 1. The summed E-state index contributed by atoms with van der Waals surface area (Å²) in [7, 11) is 1.42. The maximum absolute atomic E-state index is 14.0. The second-order valence-corrected chi connectivity index (χ2v) is 8.98. The minimum Gasteiger partial charge on any atom is -0.495 e. The summed E-state index contributed by atoms with van der Waals surface area (Å²) < 4.78 is 5.39. The molecule has 0 radical (unpaired) electrons. The van der Waals surface area contributed by atoms with E-state index in [9.17, 15) is 19.7 Å². The summed E-state index contributed by atoms with van der Waals surface area (Å²) in [6.07, 6.45) is 0. The largest absolute Gasteiger partial charge is 0.495 e. The molecule has 0 spiro atoms. The van der Waals surface area contributed by atoms with Gasteiger partial charge in [-0.05, 0) is 28.3 Å². The van der Waals surface area contributed by atoms with Gasteiger partial charge in [0, 0.05) is 23.5 Å². The van der Waals surface area contributed by atoms with E-state index in [1.165, 1.54) is 25.3 Å². The first-order chi connectivity index (χ1) is 15.9. The summed E-state index contributed by atoms with van der Waals surface area (Å²) in [5.74, 6) is -1.90. The van der Waals surface area contributed by atoms with E-state index in [4.69, 9.17) is 4.74 Å². The summed E-state index contributed by atoms with van der Waals surface area (Å²) >= 11 is 0. The van der Waals surface area contributed by atoms with Gasteiger partial charge in [-0.15, -0.1) is 0 Å². The molecule has 0 aromatic heterocycles. The Labute approximate surface area is 189 Å². The summed E-state index contributed by atoms with van der Waals surface area (Å²) in [5.41, 5.74) is 3.47. The Bertz CT molecular complexity index is 1330. The monoisotopic (exact) mass is 440 g/mol. The average Bonchev–Trinajstić information content (AvgIpc) is 3.10. The summed E-state index contributed by atoms with van der Waals surface area (Å²) in [6, 6.07) is 20.0. The number of imide groups is 1. The Balaban J connectivity index is 1.59. The molecule has 2 bridgehead atoms. The topological polar surface area (TPSA) is 89.8 Å². The van der Waals surface area contributed by atoms with Crippen LogP contribution in [0, 0.1) is 22.0 Å². The first kappa shape index (κ1) is 19.7. The van der Waals surface area contributed by atoms with Gasteiger partial charge >= 0.3 is 0 Å². The molecule has 33 heavy (non-hydrogen) atoms. The Morgan fingerprint density at radius 2 is 1.55 bits per heavy atom. The minimum absolute atomic E-state index is 0.118. The predicted molar refractivity (Wildman–Crippen MR) is 120 cm³/mol. The molecule has 0 saturated carbocycles. The number of hydrogen-bond donors (Lipinski definition) is 0. The lowest BCUT2D eigenvalue weighted by Crippen LogP contribution is -2.51. The van der Waals surface area contributed by atoms with Crippen LogP contribution >= 0.6 is 0 Å². The first-order valence-electron chi connectivity index (χ1n) is 10.8. The molecule has 7 rings (SSSR count). The smallest absolute Gasteiger partial charge is 0.271 e. The number of nitrogens with zero attached hydrogens (tertiary/aromatic N) is 2. The van der Waals surface area contributed by atoms with E-state index in [-0.39, 0.29) is 34.9 Å². The van der Waals surface area contributed by atoms with Crippen LogP contribution in [0.25, 0.3) is 0 Å². The molecule has 0 unspecified atom stereocenters. The number of carbonyl (C=O) groups excluding carboxylic acids is 2. The lowest BCUT2D eigenvalue weighted by molar-refractivity contribution is -0.384. The molecule has 1 saturated heterocycles. The van der Waals surface area contributed by atoms with Gasteiger partial charge in [-0.3, -0.25) is 19.7 Å². The zero-order valence-corrected chi connectivity index (χ0v) is 18.0. The molecule has 7 nitrogen and oxygen atoms in total. The number of amides is 2. The molecule has 4 aliphatic rings. The van der Waals surface area contributed by atoms with Crippen molar-refractivity contribution in [3.05, 3.63) is 99.1 Å². The van der Waals surface area contributed by atoms with Gasteiger partial charge < -0.3 is 4.74 Å². The Morgan fingerprint density at radius 1 is 0.939 bits per heavy atom. The van der Waals surface area contributed by atoms with Crippen LogP contribution in [0.5, 0.6) is 5.75 Å². The highest BCUT2D eigenvalue weighted by atomic mass is 16.6. The third-order valence-corrected chi connectivity index (χ3v) is 7.66. The fraction of sp³-hybridized carbons (Fsp3) is 0.231. The van der Waals surface area contributed by atoms with Crippen LogP contribution in [-0.2, 0) is 15.0 Å².